The third kappa shape index (κ3) is 3.36. The van der Waals surface area contributed by atoms with Gasteiger partial charge in [-0.25, -0.2) is 4.98 Å². The molecule has 0 amide bonds. The lowest BCUT2D eigenvalue weighted by molar-refractivity contribution is 0.0493. The van der Waals surface area contributed by atoms with Gasteiger partial charge < -0.3 is 14.8 Å². The molecule has 1 fully saturated rings. The summed E-state index contributed by atoms with van der Waals surface area (Å²) in [6.45, 7) is 2.33. The van der Waals surface area contributed by atoms with Gasteiger partial charge in [-0.15, -0.1) is 0 Å². The first-order chi connectivity index (χ1) is 13.9. The van der Waals surface area contributed by atoms with Crippen LogP contribution in [0.1, 0.15) is 12.8 Å². The third-order valence-corrected chi connectivity index (χ3v) is 5.11. The Morgan fingerprint density at radius 2 is 2.04 bits per heavy atom. The molecule has 4 aromatic rings. The van der Waals surface area contributed by atoms with Gasteiger partial charge in [-0.1, -0.05) is 0 Å². The van der Waals surface area contributed by atoms with Crippen molar-refractivity contribution < 1.29 is 9.47 Å². The fraction of sp³-hybridized carbons (Fsp3) is 0.286. The van der Waals surface area contributed by atoms with E-state index in [-0.39, 0.29) is 0 Å². The molecule has 0 saturated carbocycles. The maximum absolute atomic E-state index is 6.05. The normalized spacial score (nSPS) is 15.1. The van der Waals surface area contributed by atoms with Gasteiger partial charge in [-0.3, -0.25) is 10.1 Å². The molecular formula is C21H21N5O2. The van der Waals surface area contributed by atoms with E-state index in [1.807, 2.05) is 30.3 Å². The number of anilines is 2. The van der Waals surface area contributed by atoms with Crippen LogP contribution in [0.4, 0.5) is 11.5 Å². The zero-order chi connectivity index (χ0) is 18.8. The second kappa shape index (κ2) is 7.44. The molecule has 0 unspecified atom stereocenters. The summed E-state index contributed by atoms with van der Waals surface area (Å²) in [5, 5.41) is 12.7. The summed E-state index contributed by atoms with van der Waals surface area (Å²) in [5.41, 5.74) is 2.66. The van der Waals surface area contributed by atoms with Crippen LogP contribution in [0.3, 0.4) is 0 Å². The van der Waals surface area contributed by atoms with Crippen molar-refractivity contribution in [2.45, 2.75) is 12.8 Å². The number of ether oxygens (including phenoxy) is 2. The second-order valence-electron chi connectivity index (χ2n) is 7.02. The van der Waals surface area contributed by atoms with Crippen molar-refractivity contribution >= 4 is 33.3 Å². The first kappa shape index (κ1) is 16.9. The number of aromatic nitrogens is 4. The van der Waals surface area contributed by atoms with Gasteiger partial charge in [0.05, 0.1) is 12.1 Å². The number of aromatic amines is 1. The number of rotatable bonds is 5. The lowest BCUT2D eigenvalue weighted by Crippen LogP contribution is -2.21. The molecule has 28 heavy (non-hydrogen) atoms. The molecule has 1 saturated heterocycles. The summed E-state index contributed by atoms with van der Waals surface area (Å²) in [4.78, 5) is 8.82. The summed E-state index contributed by atoms with van der Waals surface area (Å²) in [6.07, 6.45) is 5.64. The highest BCUT2D eigenvalue weighted by molar-refractivity contribution is 5.92. The summed E-state index contributed by atoms with van der Waals surface area (Å²) >= 11 is 0. The summed E-state index contributed by atoms with van der Waals surface area (Å²) in [5.74, 6) is 1.93. The van der Waals surface area contributed by atoms with E-state index in [9.17, 15) is 0 Å². The molecule has 7 nitrogen and oxygen atoms in total. The molecule has 0 aliphatic carbocycles. The SMILES string of the molecule is c1cnc2c(Nc3ccc4c(OCC5CCOCC5)nccc4c3)n[nH]c2c1. The van der Waals surface area contributed by atoms with Crippen LogP contribution in [0.2, 0.25) is 0 Å². The van der Waals surface area contributed by atoms with Gasteiger partial charge in [0.25, 0.3) is 0 Å². The highest BCUT2D eigenvalue weighted by atomic mass is 16.5. The van der Waals surface area contributed by atoms with Crippen molar-refractivity contribution in [2.75, 3.05) is 25.1 Å². The van der Waals surface area contributed by atoms with Crippen LogP contribution in [0.15, 0.2) is 48.8 Å². The van der Waals surface area contributed by atoms with Gasteiger partial charge in [0.1, 0.15) is 5.52 Å². The van der Waals surface area contributed by atoms with Gasteiger partial charge in [-0.05, 0) is 60.5 Å². The van der Waals surface area contributed by atoms with Gasteiger partial charge in [0, 0.05) is 36.7 Å². The summed E-state index contributed by atoms with van der Waals surface area (Å²) in [7, 11) is 0. The lowest BCUT2D eigenvalue weighted by Gasteiger charge is -2.22. The minimum atomic E-state index is 0.534. The fourth-order valence-electron chi connectivity index (χ4n) is 3.53. The topological polar surface area (TPSA) is 85.0 Å². The van der Waals surface area contributed by atoms with E-state index in [0.29, 0.717) is 24.2 Å². The summed E-state index contributed by atoms with van der Waals surface area (Å²) in [6, 6.07) is 11.9. The molecule has 0 spiro atoms. The van der Waals surface area contributed by atoms with E-state index < -0.39 is 0 Å². The average molecular weight is 375 g/mol. The molecule has 1 aromatic carbocycles. The number of H-pyrrole nitrogens is 1. The van der Waals surface area contributed by atoms with Gasteiger partial charge in [0.15, 0.2) is 5.82 Å². The molecule has 0 radical (unpaired) electrons. The van der Waals surface area contributed by atoms with Crippen LogP contribution in [-0.4, -0.2) is 40.0 Å². The Balaban J connectivity index is 1.37. The molecule has 7 heteroatoms. The van der Waals surface area contributed by atoms with Crippen LogP contribution in [-0.2, 0) is 4.74 Å². The largest absolute Gasteiger partial charge is 0.477 e. The van der Waals surface area contributed by atoms with E-state index in [0.717, 1.165) is 53.5 Å². The Kier molecular flexibility index (Phi) is 4.50. The zero-order valence-corrected chi connectivity index (χ0v) is 15.4. The minimum absolute atomic E-state index is 0.534. The van der Waals surface area contributed by atoms with Crippen LogP contribution in [0.5, 0.6) is 5.88 Å². The highest BCUT2D eigenvalue weighted by Crippen LogP contribution is 2.29. The van der Waals surface area contributed by atoms with Crippen molar-refractivity contribution in [1.29, 1.82) is 0 Å². The van der Waals surface area contributed by atoms with Crippen molar-refractivity contribution in [3.8, 4) is 5.88 Å². The maximum Gasteiger partial charge on any atom is 0.221 e. The molecule has 0 bridgehead atoms. The van der Waals surface area contributed by atoms with Gasteiger partial charge >= 0.3 is 0 Å². The van der Waals surface area contributed by atoms with Crippen molar-refractivity contribution in [3.63, 3.8) is 0 Å². The molecule has 3 aromatic heterocycles. The van der Waals surface area contributed by atoms with E-state index >= 15 is 0 Å². The smallest absolute Gasteiger partial charge is 0.221 e. The number of benzene rings is 1. The van der Waals surface area contributed by atoms with Crippen molar-refractivity contribution in [3.05, 3.63) is 48.8 Å². The predicted octanol–water partition coefficient (Wildman–Crippen LogP) is 4.06. The van der Waals surface area contributed by atoms with E-state index in [4.69, 9.17) is 9.47 Å². The Labute approximate surface area is 162 Å². The molecule has 1 aliphatic rings. The van der Waals surface area contributed by atoms with Crippen LogP contribution >= 0.6 is 0 Å². The van der Waals surface area contributed by atoms with E-state index in [1.54, 1.807) is 12.4 Å². The highest BCUT2D eigenvalue weighted by Gasteiger charge is 2.15. The molecule has 142 valence electrons. The Morgan fingerprint density at radius 1 is 1.11 bits per heavy atom. The maximum atomic E-state index is 6.05. The molecular weight excluding hydrogens is 354 g/mol. The molecule has 4 heterocycles. The number of fused-ring (bicyclic) bond motifs is 2. The van der Waals surface area contributed by atoms with Crippen LogP contribution < -0.4 is 10.1 Å². The zero-order valence-electron chi connectivity index (χ0n) is 15.4. The Morgan fingerprint density at radius 3 is 2.96 bits per heavy atom. The predicted molar refractivity (Wildman–Crippen MR) is 108 cm³/mol. The standard InChI is InChI=1S/C21H21N5O2/c1-2-18-19(22-8-1)20(26-25-18)24-16-3-4-17-15(12-16)5-9-23-21(17)28-13-14-6-10-27-11-7-14/h1-5,8-9,12,14H,6-7,10-11,13H2,(H2,24,25,26). The first-order valence-electron chi connectivity index (χ1n) is 9.52. The number of pyridine rings is 2. The monoisotopic (exact) mass is 375 g/mol. The first-order valence-corrected chi connectivity index (χ1v) is 9.52. The number of nitrogens with one attached hydrogen (secondary N) is 2. The Bertz CT molecular complexity index is 1100. The molecule has 0 atom stereocenters. The lowest BCUT2D eigenvalue weighted by atomic mass is 10.0. The van der Waals surface area contributed by atoms with E-state index in [1.165, 1.54) is 0 Å². The van der Waals surface area contributed by atoms with Crippen LogP contribution in [0.25, 0.3) is 21.8 Å². The number of nitrogens with zero attached hydrogens (tertiary/aromatic N) is 3. The van der Waals surface area contributed by atoms with E-state index in [2.05, 4.69) is 31.5 Å². The molecule has 1 aliphatic heterocycles. The minimum Gasteiger partial charge on any atom is -0.477 e. The molecule has 5 rings (SSSR count). The van der Waals surface area contributed by atoms with Gasteiger partial charge in [0.2, 0.25) is 5.88 Å². The number of hydrogen-bond acceptors (Lipinski definition) is 6. The molecule has 2 N–H and O–H groups in total. The average Bonchev–Trinajstić information content (AvgIpc) is 3.16. The summed E-state index contributed by atoms with van der Waals surface area (Å²) < 4.78 is 11.5. The second-order valence-corrected chi connectivity index (χ2v) is 7.02. The fourth-order valence-corrected chi connectivity index (χ4v) is 3.53. The van der Waals surface area contributed by atoms with Gasteiger partial charge in [-0.2, -0.15) is 5.10 Å². The van der Waals surface area contributed by atoms with Crippen molar-refractivity contribution in [2.24, 2.45) is 5.92 Å². The van der Waals surface area contributed by atoms with Crippen molar-refractivity contribution in [1.82, 2.24) is 20.2 Å². The quantitative estimate of drug-likeness (QED) is 0.547. The van der Waals surface area contributed by atoms with Crippen LogP contribution in [0, 0.1) is 5.92 Å². The number of hydrogen-bond donors (Lipinski definition) is 2. The Hall–Kier alpha value is -3.19. The third-order valence-electron chi connectivity index (χ3n) is 5.11.